The van der Waals surface area contributed by atoms with Crippen LogP contribution in [0.1, 0.15) is 61.3 Å². The lowest BCUT2D eigenvalue weighted by Crippen LogP contribution is -2.30. The summed E-state index contributed by atoms with van der Waals surface area (Å²) in [5.41, 5.74) is 0.512. The molecule has 0 radical (unpaired) electrons. The molecule has 0 rings (SSSR count). The second-order valence-electron chi connectivity index (χ2n) is 5.46. The molecule has 0 N–H and O–H groups in total. The Morgan fingerprint density at radius 1 is 1.00 bits per heavy atom. The summed E-state index contributed by atoms with van der Waals surface area (Å²) in [6, 6.07) is 0. The third kappa shape index (κ3) is 3.32. The highest BCUT2D eigenvalue weighted by Gasteiger charge is 2.31. The molecule has 80 valence electrons. The van der Waals surface area contributed by atoms with Crippen molar-refractivity contribution in [1.29, 1.82) is 0 Å². The standard InChI is InChI=1S/C13H28/c1-8-12(11(5)10(3)4)13(6,7)9-2/h10-12H,8-9H2,1-7H3. The van der Waals surface area contributed by atoms with Gasteiger partial charge >= 0.3 is 0 Å². The summed E-state index contributed by atoms with van der Waals surface area (Å²) in [7, 11) is 0. The molecule has 0 aromatic heterocycles. The summed E-state index contributed by atoms with van der Waals surface area (Å²) in [4.78, 5) is 0. The Morgan fingerprint density at radius 2 is 1.46 bits per heavy atom. The van der Waals surface area contributed by atoms with Gasteiger partial charge in [0.05, 0.1) is 0 Å². The van der Waals surface area contributed by atoms with Crippen LogP contribution in [0.4, 0.5) is 0 Å². The Bertz CT molecular complexity index is 133. The minimum atomic E-state index is 0.512. The lowest BCUT2D eigenvalue weighted by molar-refractivity contribution is 0.108. The zero-order valence-electron chi connectivity index (χ0n) is 10.6. The van der Waals surface area contributed by atoms with Crippen LogP contribution >= 0.6 is 0 Å². The minimum Gasteiger partial charge on any atom is -0.0651 e. The van der Waals surface area contributed by atoms with Gasteiger partial charge in [-0.25, -0.2) is 0 Å². The fraction of sp³-hybridized carbons (Fsp3) is 1.00. The Kier molecular flexibility index (Phi) is 5.02. The van der Waals surface area contributed by atoms with E-state index < -0.39 is 0 Å². The van der Waals surface area contributed by atoms with E-state index in [2.05, 4.69) is 48.5 Å². The molecule has 2 unspecified atom stereocenters. The van der Waals surface area contributed by atoms with Crippen LogP contribution in [0.3, 0.4) is 0 Å². The quantitative estimate of drug-likeness (QED) is 0.579. The SMILES string of the molecule is CCC(C(C)C(C)C)C(C)(C)CC. The van der Waals surface area contributed by atoms with E-state index in [-0.39, 0.29) is 0 Å². The van der Waals surface area contributed by atoms with Gasteiger partial charge in [-0.1, -0.05) is 61.3 Å². The molecule has 0 bridgehead atoms. The minimum absolute atomic E-state index is 0.512. The Hall–Kier alpha value is 0. The number of rotatable bonds is 5. The molecule has 0 heterocycles. The zero-order chi connectivity index (χ0) is 10.6. The molecule has 13 heavy (non-hydrogen) atoms. The maximum absolute atomic E-state index is 2.42. The van der Waals surface area contributed by atoms with Crippen LogP contribution in [-0.4, -0.2) is 0 Å². The van der Waals surface area contributed by atoms with Crippen molar-refractivity contribution in [2.75, 3.05) is 0 Å². The van der Waals surface area contributed by atoms with Crippen molar-refractivity contribution in [2.45, 2.75) is 61.3 Å². The predicted molar refractivity (Wildman–Crippen MR) is 61.9 cm³/mol. The average molecular weight is 184 g/mol. The van der Waals surface area contributed by atoms with E-state index >= 15 is 0 Å². The summed E-state index contributed by atoms with van der Waals surface area (Å²) in [5.74, 6) is 2.54. The van der Waals surface area contributed by atoms with Gasteiger partial charge in [-0.2, -0.15) is 0 Å². The highest BCUT2D eigenvalue weighted by molar-refractivity contribution is 4.81. The van der Waals surface area contributed by atoms with Gasteiger partial charge in [-0.3, -0.25) is 0 Å². The lowest BCUT2D eigenvalue weighted by Gasteiger charge is -2.39. The van der Waals surface area contributed by atoms with E-state index in [1.54, 1.807) is 0 Å². The summed E-state index contributed by atoms with van der Waals surface area (Å²) in [5, 5.41) is 0. The molecule has 0 amide bonds. The summed E-state index contributed by atoms with van der Waals surface area (Å²) < 4.78 is 0. The van der Waals surface area contributed by atoms with Crippen LogP contribution in [0.25, 0.3) is 0 Å². The van der Waals surface area contributed by atoms with Crippen LogP contribution in [0, 0.1) is 23.2 Å². The van der Waals surface area contributed by atoms with Crippen LogP contribution in [-0.2, 0) is 0 Å². The predicted octanol–water partition coefficient (Wildman–Crippen LogP) is 4.74. The first-order valence-corrected chi connectivity index (χ1v) is 5.86. The maximum atomic E-state index is 2.42. The highest BCUT2D eigenvalue weighted by atomic mass is 14.4. The molecule has 0 aliphatic carbocycles. The monoisotopic (exact) mass is 184 g/mol. The molecule has 0 spiro atoms. The molecular weight excluding hydrogens is 156 g/mol. The fourth-order valence-corrected chi connectivity index (χ4v) is 2.36. The first-order valence-electron chi connectivity index (χ1n) is 5.86. The molecule has 2 atom stereocenters. The molecule has 0 aromatic rings. The van der Waals surface area contributed by atoms with Gasteiger partial charge in [0.1, 0.15) is 0 Å². The second kappa shape index (κ2) is 5.02. The molecule has 0 heteroatoms. The molecule has 0 aromatic carbocycles. The van der Waals surface area contributed by atoms with E-state index in [1.165, 1.54) is 12.8 Å². The van der Waals surface area contributed by atoms with E-state index in [9.17, 15) is 0 Å². The summed E-state index contributed by atoms with van der Waals surface area (Å²) in [6.07, 6.45) is 2.61. The third-order valence-corrected chi connectivity index (χ3v) is 4.04. The van der Waals surface area contributed by atoms with Gasteiger partial charge in [-0.15, -0.1) is 0 Å². The third-order valence-electron chi connectivity index (χ3n) is 4.04. The molecule has 0 fully saturated rings. The Morgan fingerprint density at radius 3 is 1.69 bits per heavy atom. The van der Waals surface area contributed by atoms with Crippen molar-refractivity contribution >= 4 is 0 Å². The highest BCUT2D eigenvalue weighted by Crippen LogP contribution is 2.40. The molecule has 0 nitrogen and oxygen atoms in total. The molecule has 0 saturated carbocycles. The number of hydrogen-bond acceptors (Lipinski definition) is 0. The molecule has 0 saturated heterocycles. The molecule has 0 aliphatic rings. The van der Waals surface area contributed by atoms with Gasteiger partial charge in [-0.05, 0) is 23.2 Å². The Balaban J connectivity index is 4.49. The van der Waals surface area contributed by atoms with Gasteiger partial charge < -0.3 is 0 Å². The fourth-order valence-electron chi connectivity index (χ4n) is 2.36. The zero-order valence-corrected chi connectivity index (χ0v) is 10.6. The van der Waals surface area contributed by atoms with Gasteiger partial charge in [0.2, 0.25) is 0 Å². The van der Waals surface area contributed by atoms with Crippen LogP contribution in [0.2, 0.25) is 0 Å². The summed E-state index contributed by atoms with van der Waals surface area (Å²) >= 11 is 0. The van der Waals surface area contributed by atoms with Crippen molar-refractivity contribution in [3.05, 3.63) is 0 Å². The second-order valence-corrected chi connectivity index (χ2v) is 5.46. The van der Waals surface area contributed by atoms with Crippen molar-refractivity contribution < 1.29 is 0 Å². The van der Waals surface area contributed by atoms with Crippen molar-refractivity contribution in [2.24, 2.45) is 23.2 Å². The van der Waals surface area contributed by atoms with Crippen molar-refractivity contribution in [3.8, 4) is 0 Å². The molecule has 0 aliphatic heterocycles. The molecular formula is C13H28. The van der Waals surface area contributed by atoms with E-state index in [1.807, 2.05) is 0 Å². The first-order chi connectivity index (χ1) is 5.86. The first kappa shape index (κ1) is 13.0. The van der Waals surface area contributed by atoms with Crippen LogP contribution in [0.15, 0.2) is 0 Å². The van der Waals surface area contributed by atoms with Crippen LogP contribution in [0.5, 0.6) is 0 Å². The maximum Gasteiger partial charge on any atom is -0.0326 e. The van der Waals surface area contributed by atoms with Gasteiger partial charge in [0.25, 0.3) is 0 Å². The van der Waals surface area contributed by atoms with Gasteiger partial charge in [0, 0.05) is 0 Å². The average Bonchev–Trinajstić information content (AvgIpc) is 2.05. The van der Waals surface area contributed by atoms with E-state index in [0.717, 1.165) is 17.8 Å². The largest absolute Gasteiger partial charge is 0.0651 e. The summed E-state index contributed by atoms with van der Waals surface area (Å²) in [6.45, 7) is 16.6. The van der Waals surface area contributed by atoms with E-state index in [0.29, 0.717) is 5.41 Å². The van der Waals surface area contributed by atoms with Crippen molar-refractivity contribution in [1.82, 2.24) is 0 Å². The lowest BCUT2D eigenvalue weighted by atomic mass is 9.67. The van der Waals surface area contributed by atoms with Crippen LogP contribution < -0.4 is 0 Å². The van der Waals surface area contributed by atoms with E-state index in [4.69, 9.17) is 0 Å². The Labute approximate surface area is 85.1 Å². The normalized spacial score (nSPS) is 17.5. The number of hydrogen-bond donors (Lipinski definition) is 0. The van der Waals surface area contributed by atoms with Gasteiger partial charge in [0.15, 0.2) is 0 Å². The topological polar surface area (TPSA) is 0 Å². The van der Waals surface area contributed by atoms with Crippen molar-refractivity contribution in [3.63, 3.8) is 0 Å². The smallest absolute Gasteiger partial charge is 0.0326 e.